The summed E-state index contributed by atoms with van der Waals surface area (Å²) in [5.74, 6) is -0.208. The Morgan fingerprint density at radius 2 is 1.30 bits per heavy atom. The quantitative estimate of drug-likeness (QED) is 0.316. The first kappa shape index (κ1) is 34.4. The van der Waals surface area contributed by atoms with E-state index >= 15 is 0 Å². The molecule has 0 aromatic heterocycles. The van der Waals surface area contributed by atoms with E-state index in [-0.39, 0.29) is 56.4 Å². The van der Waals surface area contributed by atoms with Crippen LogP contribution < -0.4 is 20.9 Å². The zero-order valence-electron chi connectivity index (χ0n) is 28.7. The van der Waals surface area contributed by atoms with Crippen LogP contribution in [0, 0.1) is 0 Å². The third-order valence-corrected chi connectivity index (χ3v) is 14.2. The van der Waals surface area contributed by atoms with E-state index < -0.39 is 46.1 Å². The molecule has 8 aliphatic rings. The molecule has 6 N–H and O–H groups in total. The average molecular weight is 761 g/mol. The van der Waals surface area contributed by atoms with Crippen LogP contribution in [0.15, 0.2) is 24.3 Å². The summed E-state index contributed by atoms with van der Waals surface area (Å²) in [5.41, 5.74) is 12.1. The Bertz CT molecular complexity index is 1930. The fraction of sp³-hybridized carbons (Fsp3) is 0.568. The van der Waals surface area contributed by atoms with E-state index in [4.69, 9.17) is 20.9 Å². The van der Waals surface area contributed by atoms with Crippen molar-refractivity contribution in [3.8, 4) is 11.5 Å². The Morgan fingerprint density at radius 1 is 0.800 bits per heavy atom. The van der Waals surface area contributed by atoms with Gasteiger partial charge in [-0.2, -0.15) is 0 Å². The van der Waals surface area contributed by atoms with Gasteiger partial charge in [-0.1, -0.05) is 12.1 Å². The number of hydrogen-bond donors (Lipinski definition) is 4. The van der Waals surface area contributed by atoms with E-state index in [2.05, 4.69) is 19.0 Å². The number of nitrogens with zero attached hydrogens (tertiary/aromatic N) is 2. The van der Waals surface area contributed by atoms with Gasteiger partial charge in [0.15, 0.2) is 23.8 Å². The normalized spacial score (nSPS) is 38.7. The number of nitrogens with two attached hydrogens (primary N) is 2. The summed E-state index contributed by atoms with van der Waals surface area (Å²) >= 11 is 0. The number of aliphatic hydroxyl groups is 2. The van der Waals surface area contributed by atoms with E-state index in [1.54, 1.807) is 12.1 Å². The second kappa shape index (κ2) is 10.7. The summed E-state index contributed by atoms with van der Waals surface area (Å²) in [7, 11) is 6.33. The molecule has 261 valence electrons. The van der Waals surface area contributed by atoms with Gasteiger partial charge in [-0.15, -0.1) is 0 Å². The molecule has 13 heteroatoms. The SMILES string of the molecule is CN1CCC23c4c5ccc(C(N)=O)c4OC2C(=O)CCC3(O)C1C5.C[N+]1(C)CCC23c4c5ccc(C(N)=O)c4OC2C(=O)CCC3(O)C1C5.[Y]. The van der Waals surface area contributed by atoms with Crippen molar-refractivity contribution in [1.29, 1.82) is 0 Å². The smallest absolute Gasteiger partial charge is 0.252 e. The maximum atomic E-state index is 12.7. The van der Waals surface area contributed by atoms with Crippen molar-refractivity contribution in [3.05, 3.63) is 57.6 Å². The molecule has 4 bridgehead atoms. The Kier molecular flexibility index (Phi) is 7.33. The number of ether oxygens (including phenoxy) is 2. The molecule has 4 aliphatic heterocycles. The number of ketones is 2. The maximum Gasteiger partial charge on any atom is 0.252 e. The van der Waals surface area contributed by atoms with Crippen LogP contribution in [0.1, 0.15) is 81.5 Å². The van der Waals surface area contributed by atoms with E-state index in [0.717, 1.165) is 46.2 Å². The summed E-state index contributed by atoms with van der Waals surface area (Å²) in [6, 6.07) is 7.21. The molecule has 2 saturated heterocycles. The number of benzene rings is 2. The van der Waals surface area contributed by atoms with Gasteiger partial charge in [-0.05, 0) is 62.5 Å². The van der Waals surface area contributed by atoms with Crippen LogP contribution in [0.4, 0.5) is 0 Å². The van der Waals surface area contributed by atoms with Gasteiger partial charge in [0.2, 0.25) is 0 Å². The number of carbonyl (C=O) groups is 4. The summed E-state index contributed by atoms with van der Waals surface area (Å²) in [6.07, 6.45) is 2.85. The van der Waals surface area contributed by atoms with Crippen LogP contribution in [0.5, 0.6) is 11.5 Å². The largest absolute Gasteiger partial charge is 0.480 e. The van der Waals surface area contributed by atoms with Gasteiger partial charge < -0.3 is 40.5 Å². The van der Waals surface area contributed by atoms with Gasteiger partial charge in [0.05, 0.1) is 48.2 Å². The van der Waals surface area contributed by atoms with Gasteiger partial charge in [0.1, 0.15) is 23.1 Å². The summed E-state index contributed by atoms with van der Waals surface area (Å²) in [4.78, 5) is 51.4. The minimum Gasteiger partial charge on any atom is -0.480 e. The fourth-order valence-electron chi connectivity index (χ4n) is 11.9. The Hall–Kier alpha value is -2.74. The number of likely N-dealkylation sites (N-methyl/N-ethyl adjacent to an activating group) is 2. The molecule has 2 amide bonds. The maximum absolute atomic E-state index is 12.7. The van der Waals surface area contributed by atoms with Gasteiger partial charge in [0, 0.05) is 75.6 Å². The predicted molar refractivity (Wildman–Crippen MR) is 174 cm³/mol. The van der Waals surface area contributed by atoms with Crippen LogP contribution in [0.25, 0.3) is 0 Å². The van der Waals surface area contributed by atoms with Gasteiger partial charge >= 0.3 is 0 Å². The third-order valence-electron chi connectivity index (χ3n) is 14.2. The molecule has 4 aliphatic carbocycles. The van der Waals surface area contributed by atoms with Crippen LogP contribution in [0.2, 0.25) is 0 Å². The van der Waals surface area contributed by atoms with E-state index in [1.807, 2.05) is 19.2 Å². The number of piperidine rings is 2. The van der Waals surface area contributed by atoms with Crippen LogP contribution in [-0.4, -0.2) is 113 Å². The molecule has 12 nitrogen and oxygen atoms in total. The number of rotatable bonds is 2. The van der Waals surface area contributed by atoms with E-state index in [9.17, 15) is 29.4 Å². The standard InChI is InChI=1S/C19H22N2O4.C18H20N2O4.Y/c1-21(2)8-7-18-14-10-3-4-11(17(20)23)15(14)25-16(18)12(22)5-6-19(18,24)13(21)9-10;1-20-7-6-17-13-9-2-3-10(16(19)22)14(13)24-15(17)11(21)4-5-18(17,23)12(20)8-9;/h3-4,13,16,24H,5-9H2,1-2H3,(H-,20,23);2-3,12,15,23H,4-8H2,1H3,(H2,19,22);/p+1. The predicted octanol–water partition coefficient (Wildman–Crippen LogP) is 0.419. The zero-order chi connectivity index (χ0) is 34.6. The summed E-state index contributed by atoms with van der Waals surface area (Å²) in [5, 5.41) is 23.7. The number of Topliss-reactive ketones (excluding diaryl/α,β-unsaturated/α-hetero) is 2. The van der Waals surface area contributed by atoms with Crippen LogP contribution >= 0.6 is 0 Å². The molecule has 8 unspecified atom stereocenters. The topological polar surface area (TPSA) is 182 Å². The van der Waals surface area contributed by atoms with Crippen molar-refractivity contribution in [2.75, 3.05) is 34.2 Å². The molecule has 4 heterocycles. The molecule has 2 aromatic rings. The minimum atomic E-state index is -1.01. The average Bonchev–Trinajstić information content (AvgIpc) is 3.59. The molecular formula is C37H43N4O8Y+. The number of carbonyl (C=O) groups excluding carboxylic acids is 4. The molecule has 8 atom stereocenters. The van der Waals surface area contributed by atoms with Crippen molar-refractivity contribution in [2.45, 2.75) is 97.7 Å². The Morgan fingerprint density at radius 3 is 1.84 bits per heavy atom. The van der Waals surface area contributed by atoms with Crippen molar-refractivity contribution in [2.24, 2.45) is 11.5 Å². The molecule has 50 heavy (non-hydrogen) atoms. The number of hydrogen-bond acceptors (Lipinski definition) is 9. The number of amides is 2. The number of quaternary nitrogens is 1. The fourth-order valence-corrected chi connectivity index (χ4v) is 11.9. The number of likely N-dealkylation sites (tertiary alicyclic amines) is 2. The second-order valence-corrected chi connectivity index (χ2v) is 16.3. The molecule has 2 saturated carbocycles. The molecule has 2 spiro atoms. The van der Waals surface area contributed by atoms with Crippen LogP contribution in [-0.2, 0) is 66.0 Å². The summed E-state index contributed by atoms with van der Waals surface area (Å²) < 4.78 is 12.9. The van der Waals surface area contributed by atoms with Crippen molar-refractivity contribution < 1.29 is 76.1 Å². The monoisotopic (exact) mass is 760 g/mol. The van der Waals surface area contributed by atoms with Gasteiger partial charge in [0.25, 0.3) is 11.8 Å². The molecule has 1 radical (unpaired) electrons. The molecule has 4 fully saturated rings. The first-order chi connectivity index (χ1) is 23.1. The summed E-state index contributed by atoms with van der Waals surface area (Å²) in [6.45, 7) is 1.65. The second-order valence-electron chi connectivity index (χ2n) is 16.3. The van der Waals surface area contributed by atoms with Crippen molar-refractivity contribution in [3.63, 3.8) is 0 Å². The van der Waals surface area contributed by atoms with Gasteiger partial charge in [-0.25, -0.2) is 0 Å². The Labute approximate surface area is 315 Å². The molecule has 10 rings (SSSR count). The number of primary amides is 2. The van der Waals surface area contributed by atoms with Crippen molar-refractivity contribution >= 4 is 23.4 Å². The minimum absolute atomic E-state index is 0. The van der Waals surface area contributed by atoms with E-state index in [0.29, 0.717) is 67.6 Å². The van der Waals surface area contributed by atoms with E-state index in [1.165, 1.54) is 0 Å². The van der Waals surface area contributed by atoms with Crippen molar-refractivity contribution in [1.82, 2.24) is 4.90 Å². The van der Waals surface area contributed by atoms with Crippen LogP contribution in [0.3, 0.4) is 0 Å². The zero-order valence-corrected chi connectivity index (χ0v) is 31.5. The molecular weight excluding hydrogens is 717 g/mol. The first-order valence-electron chi connectivity index (χ1n) is 17.4. The third kappa shape index (κ3) is 3.83. The van der Waals surface area contributed by atoms with Gasteiger partial charge in [-0.3, -0.25) is 19.2 Å². The first-order valence-corrected chi connectivity index (χ1v) is 17.4. The molecule has 2 aromatic carbocycles. The Balaban J connectivity index is 0.000000142.